The first-order valence-corrected chi connectivity index (χ1v) is 9.19. The highest BCUT2D eigenvalue weighted by Gasteiger charge is 2.11. The number of primary amides is 1. The summed E-state index contributed by atoms with van der Waals surface area (Å²) in [5.74, 6) is 0.582. The molecule has 4 rings (SSSR count). The molecule has 0 radical (unpaired) electrons. The quantitative estimate of drug-likeness (QED) is 0.516. The first kappa shape index (κ1) is 19.1. The number of nitrogens with zero attached hydrogens (tertiary/aromatic N) is 3. The summed E-state index contributed by atoms with van der Waals surface area (Å²) in [6.07, 6.45) is 5.19. The maximum absolute atomic E-state index is 12.5. The van der Waals surface area contributed by atoms with Gasteiger partial charge in [-0.15, -0.1) is 0 Å². The van der Waals surface area contributed by atoms with Crippen molar-refractivity contribution >= 4 is 23.3 Å². The van der Waals surface area contributed by atoms with Crippen LogP contribution >= 0.6 is 0 Å². The SMILES string of the molecule is COc1cccc(CC(=O)Nc2cnc3cnc(-c4ccc(C(N)=O)cc4)cn23)c1. The molecule has 0 aliphatic carbocycles. The van der Waals surface area contributed by atoms with Crippen LogP contribution in [0.1, 0.15) is 15.9 Å². The van der Waals surface area contributed by atoms with Gasteiger partial charge in [0.15, 0.2) is 5.65 Å². The van der Waals surface area contributed by atoms with Crippen LogP contribution in [0.2, 0.25) is 0 Å². The van der Waals surface area contributed by atoms with Crippen molar-refractivity contribution in [1.29, 1.82) is 0 Å². The monoisotopic (exact) mass is 401 g/mol. The largest absolute Gasteiger partial charge is 0.497 e. The van der Waals surface area contributed by atoms with Gasteiger partial charge in [-0.25, -0.2) is 4.98 Å². The number of ether oxygens (including phenoxy) is 1. The number of nitrogens with one attached hydrogen (secondary N) is 1. The van der Waals surface area contributed by atoms with Crippen molar-refractivity contribution in [3.8, 4) is 17.0 Å². The standard InChI is InChI=1S/C22H19N5O3/c1-30-17-4-2-3-14(9-17)10-21(28)26-20-12-25-19-11-24-18(13-27(19)20)15-5-7-16(8-6-15)22(23)29/h2-9,11-13H,10H2,1H3,(H2,23,29)(H,26,28). The molecule has 30 heavy (non-hydrogen) atoms. The van der Waals surface area contributed by atoms with Gasteiger partial charge in [-0.1, -0.05) is 24.3 Å². The summed E-state index contributed by atoms with van der Waals surface area (Å²) in [5, 5.41) is 2.89. The molecule has 4 aromatic rings. The fraction of sp³-hybridized carbons (Fsp3) is 0.0909. The fourth-order valence-corrected chi connectivity index (χ4v) is 3.09. The fourth-order valence-electron chi connectivity index (χ4n) is 3.09. The van der Waals surface area contributed by atoms with Crippen molar-refractivity contribution < 1.29 is 14.3 Å². The second-order valence-corrected chi connectivity index (χ2v) is 6.66. The molecule has 0 fully saturated rings. The predicted octanol–water partition coefficient (Wildman–Crippen LogP) is 2.69. The van der Waals surface area contributed by atoms with E-state index in [0.717, 1.165) is 11.1 Å². The van der Waals surface area contributed by atoms with Crippen molar-refractivity contribution in [3.63, 3.8) is 0 Å². The van der Waals surface area contributed by atoms with Crippen LogP contribution in [-0.2, 0) is 11.2 Å². The molecule has 0 atom stereocenters. The van der Waals surface area contributed by atoms with Gasteiger partial charge in [-0.2, -0.15) is 0 Å². The highest BCUT2D eigenvalue weighted by molar-refractivity contribution is 5.93. The summed E-state index contributed by atoms with van der Waals surface area (Å²) < 4.78 is 6.95. The minimum atomic E-state index is -0.486. The lowest BCUT2D eigenvalue weighted by atomic mass is 10.1. The van der Waals surface area contributed by atoms with Gasteiger partial charge in [0.1, 0.15) is 11.6 Å². The molecule has 0 aliphatic rings. The molecule has 0 saturated carbocycles. The summed E-state index contributed by atoms with van der Waals surface area (Å²) in [4.78, 5) is 32.5. The molecule has 0 unspecified atom stereocenters. The number of amides is 2. The Balaban J connectivity index is 1.56. The molecule has 3 N–H and O–H groups in total. The van der Waals surface area contributed by atoms with Crippen LogP contribution in [0.4, 0.5) is 5.82 Å². The number of imidazole rings is 1. The second-order valence-electron chi connectivity index (χ2n) is 6.66. The number of aromatic nitrogens is 3. The van der Waals surface area contributed by atoms with E-state index in [9.17, 15) is 9.59 Å². The molecule has 0 aliphatic heterocycles. The van der Waals surface area contributed by atoms with Crippen molar-refractivity contribution in [2.24, 2.45) is 5.73 Å². The summed E-state index contributed by atoms with van der Waals surface area (Å²) >= 11 is 0. The zero-order valence-corrected chi connectivity index (χ0v) is 16.2. The second kappa shape index (κ2) is 8.04. The number of anilines is 1. The Bertz CT molecular complexity index is 1230. The third kappa shape index (κ3) is 3.97. The zero-order valence-electron chi connectivity index (χ0n) is 16.2. The van der Waals surface area contributed by atoms with Crippen LogP contribution in [0, 0.1) is 0 Å². The van der Waals surface area contributed by atoms with E-state index in [1.807, 2.05) is 24.3 Å². The van der Waals surface area contributed by atoms with Gasteiger partial charge in [-0.05, 0) is 29.8 Å². The van der Waals surface area contributed by atoms with Gasteiger partial charge < -0.3 is 15.8 Å². The van der Waals surface area contributed by atoms with Gasteiger partial charge in [0.05, 0.1) is 31.6 Å². The van der Waals surface area contributed by atoms with Crippen LogP contribution in [0.3, 0.4) is 0 Å². The van der Waals surface area contributed by atoms with Gasteiger partial charge >= 0.3 is 0 Å². The molecule has 8 nitrogen and oxygen atoms in total. The number of nitrogens with two attached hydrogens (primary N) is 1. The van der Waals surface area contributed by atoms with Crippen molar-refractivity contribution in [3.05, 3.63) is 78.2 Å². The number of benzene rings is 2. The molecule has 150 valence electrons. The number of fused-ring (bicyclic) bond motifs is 1. The Morgan fingerprint density at radius 2 is 1.90 bits per heavy atom. The zero-order chi connectivity index (χ0) is 21.1. The third-order valence-corrected chi connectivity index (χ3v) is 4.63. The van der Waals surface area contributed by atoms with E-state index in [2.05, 4.69) is 15.3 Å². The van der Waals surface area contributed by atoms with E-state index < -0.39 is 5.91 Å². The maximum atomic E-state index is 12.5. The van der Waals surface area contributed by atoms with Crippen molar-refractivity contribution in [1.82, 2.24) is 14.4 Å². The summed E-state index contributed by atoms with van der Waals surface area (Å²) in [7, 11) is 1.59. The van der Waals surface area contributed by atoms with Crippen molar-refractivity contribution in [2.45, 2.75) is 6.42 Å². The predicted molar refractivity (Wildman–Crippen MR) is 112 cm³/mol. The number of carbonyl (C=O) groups excluding carboxylic acids is 2. The molecule has 0 bridgehead atoms. The van der Waals surface area contributed by atoms with Crippen LogP contribution in [0.25, 0.3) is 16.9 Å². The number of carbonyl (C=O) groups is 2. The lowest BCUT2D eigenvalue weighted by Crippen LogP contribution is -2.15. The summed E-state index contributed by atoms with van der Waals surface area (Å²) in [6.45, 7) is 0. The minimum absolute atomic E-state index is 0.172. The lowest BCUT2D eigenvalue weighted by Gasteiger charge is -2.08. The normalized spacial score (nSPS) is 10.7. The molecule has 0 saturated heterocycles. The Labute approximate surface area is 172 Å². The van der Waals surface area contributed by atoms with Crippen LogP contribution in [0.5, 0.6) is 5.75 Å². The average molecular weight is 401 g/mol. The van der Waals surface area contributed by atoms with Crippen LogP contribution in [-0.4, -0.2) is 33.3 Å². The van der Waals surface area contributed by atoms with Crippen molar-refractivity contribution in [2.75, 3.05) is 12.4 Å². The Morgan fingerprint density at radius 3 is 2.63 bits per heavy atom. The van der Waals surface area contributed by atoms with Gasteiger partial charge in [0, 0.05) is 17.3 Å². The molecule has 2 aromatic carbocycles. The van der Waals surface area contributed by atoms with Crippen LogP contribution in [0.15, 0.2) is 67.1 Å². The first-order valence-electron chi connectivity index (χ1n) is 9.19. The maximum Gasteiger partial charge on any atom is 0.248 e. The van der Waals surface area contributed by atoms with E-state index in [1.54, 1.807) is 54.4 Å². The van der Waals surface area contributed by atoms with E-state index in [1.165, 1.54) is 0 Å². The molecular weight excluding hydrogens is 382 g/mol. The van der Waals surface area contributed by atoms with E-state index in [4.69, 9.17) is 10.5 Å². The smallest absolute Gasteiger partial charge is 0.248 e. The Morgan fingerprint density at radius 1 is 1.10 bits per heavy atom. The van der Waals surface area contributed by atoms with E-state index >= 15 is 0 Å². The minimum Gasteiger partial charge on any atom is -0.497 e. The number of hydrogen-bond donors (Lipinski definition) is 2. The Kier molecular flexibility index (Phi) is 5.13. The summed E-state index contributed by atoms with van der Waals surface area (Å²) in [5.41, 5.74) is 8.63. The van der Waals surface area contributed by atoms with E-state index in [0.29, 0.717) is 28.5 Å². The van der Waals surface area contributed by atoms with Crippen LogP contribution < -0.4 is 15.8 Å². The highest BCUT2D eigenvalue weighted by Crippen LogP contribution is 2.21. The topological polar surface area (TPSA) is 112 Å². The molecule has 8 heteroatoms. The van der Waals surface area contributed by atoms with Gasteiger partial charge in [0.2, 0.25) is 11.8 Å². The molecule has 2 heterocycles. The molecule has 2 amide bonds. The summed E-state index contributed by atoms with van der Waals surface area (Å²) in [6, 6.07) is 14.2. The number of hydrogen-bond acceptors (Lipinski definition) is 5. The third-order valence-electron chi connectivity index (χ3n) is 4.63. The Hall–Kier alpha value is -4.20. The molecule has 2 aromatic heterocycles. The molecular formula is C22H19N5O3. The lowest BCUT2D eigenvalue weighted by molar-refractivity contribution is -0.115. The number of methoxy groups -OCH3 is 1. The van der Waals surface area contributed by atoms with Gasteiger partial charge in [0.25, 0.3) is 0 Å². The van der Waals surface area contributed by atoms with E-state index in [-0.39, 0.29) is 12.3 Å². The number of rotatable bonds is 6. The highest BCUT2D eigenvalue weighted by atomic mass is 16.5. The van der Waals surface area contributed by atoms with Gasteiger partial charge in [-0.3, -0.25) is 19.0 Å². The molecule has 0 spiro atoms. The average Bonchev–Trinajstić information content (AvgIpc) is 3.15. The first-order chi connectivity index (χ1) is 14.5.